The number of carbonyl (C=O) groups excluding carboxylic acids is 1. The SMILES string of the molecule is N#CC1(C#N)[C@H](c2ccccc2)CC(=O)C[C@H]1c1ccccc1. The van der Waals surface area contributed by atoms with Crippen LogP contribution in [0.1, 0.15) is 35.8 Å². The standard InChI is InChI=1S/C20H16N2O/c21-13-20(14-22)18(15-7-3-1-4-8-15)11-17(23)12-19(20)16-9-5-2-6-10-16/h1-10,18-19H,11-12H2/t18-,19-/m0/s1. The Bertz CT molecular complexity index is 716. The maximum atomic E-state index is 12.3. The van der Waals surface area contributed by atoms with E-state index in [0.29, 0.717) is 0 Å². The van der Waals surface area contributed by atoms with E-state index in [-0.39, 0.29) is 18.6 Å². The lowest BCUT2D eigenvalue weighted by molar-refractivity contribution is -0.122. The van der Waals surface area contributed by atoms with E-state index in [2.05, 4.69) is 12.1 Å². The van der Waals surface area contributed by atoms with Crippen LogP contribution in [0.5, 0.6) is 0 Å². The summed E-state index contributed by atoms with van der Waals surface area (Å²) in [6, 6.07) is 23.4. The van der Waals surface area contributed by atoms with E-state index < -0.39 is 17.3 Å². The Morgan fingerprint density at radius 3 is 1.52 bits per heavy atom. The zero-order chi connectivity index (χ0) is 16.3. The molecule has 1 saturated carbocycles. The molecule has 2 atom stereocenters. The Kier molecular flexibility index (Phi) is 3.96. The van der Waals surface area contributed by atoms with Gasteiger partial charge in [-0.15, -0.1) is 0 Å². The van der Waals surface area contributed by atoms with Gasteiger partial charge in [0, 0.05) is 24.7 Å². The predicted octanol–water partition coefficient (Wildman–Crippen LogP) is 3.95. The van der Waals surface area contributed by atoms with Gasteiger partial charge in [0.15, 0.2) is 5.41 Å². The van der Waals surface area contributed by atoms with E-state index in [1.807, 2.05) is 60.7 Å². The first-order valence-electron chi connectivity index (χ1n) is 7.65. The van der Waals surface area contributed by atoms with E-state index in [0.717, 1.165) is 11.1 Å². The van der Waals surface area contributed by atoms with Crippen molar-refractivity contribution in [3.8, 4) is 12.1 Å². The summed E-state index contributed by atoms with van der Waals surface area (Å²) in [5.41, 5.74) is 0.533. The Hall–Kier alpha value is -2.91. The van der Waals surface area contributed by atoms with Crippen LogP contribution in [0.25, 0.3) is 0 Å². The summed E-state index contributed by atoms with van der Waals surface area (Å²) in [7, 11) is 0. The lowest BCUT2D eigenvalue weighted by Gasteiger charge is -2.40. The second-order valence-electron chi connectivity index (χ2n) is 5.97. The average molecular weight is 300 g/mol. The fraction of sp³-hybridized carbons (Fsp3) is 0.250. The minimum absolute atomic E-state index is 0.105. The molecule has 2 aromatic rings. The van der Waals surface area contributed by atoms with Gasteiger partial charge >= 0.3 is 0 Å². The van der Waals surface area contributed by atoms with Crippen molar-refractivity contribution in [3.05, 3.63) is 71.8 Å². The Morgan fingerprint density at radius 2 is 1.17 bits per heavy atom. The third-order valence-corrected chi connectivity index (χ3v) is 4.74. The van der Waals surface area contributed by atoms with Gasteiger partial charge in [0.1, 0.15) is 5.78 Å². The van der Waals surface area contributed by atoms with Gasteiger partial charge in [-0.2, -0.15) is 10.5 Å². The smallest absolute Gasteiger partial charge is 0.158 e. The molecule has 0 spiro atoms. The van der Waals surface area contributed by atoms with Crippen molar-refractivity contribution in [3.63, 3.8) is 0 Å². The molecule has 112 valence electrons. The lowest BCUT2D eigenvalue weighted by atomic mass is 9.57. The third-order valence-electron chi connectivity index (χ3n) is 4.74. The molecule has 3 heteroatoms. The number of ketones is 1. The molecule has 0 aromatic heterocycles. The molecule has 3 rings (SSSR count). The van der Waals surface area contributed by atoms with Gasteiger partial charge in [0.2, 0.25) is 0 Å². The van der Waals surface area contributed by atoms with Crippen molar-refractivity contribution in [1.29, 1.82) is 10.5 Å². The van der Waals surface area contributed by atoms with Crippen LogP contribution in [0, 0.1) is 28.1 Å². The Morgan fingerprint density at radius 1 is 0.783 bits per heavy atom. The summed E-state index contributed by atoms with van der Waals surface area (Å²) in [5.74, 6) is -0.691. The minimum atomic E-state index is -1.23. The summed E-state index contributed by atoms with van der Waals surface area (Å²) in [5, 5.41) is 19.8. The van der Waals surface area contributed by atoms with Crippen LogP contribution in [-0.4, -0.2) is 5.78 Å². The Balaban J connectivity index is 2.15. The first kappa shape index (κ1) is 15.0. The number of nitrogens with zero attached hydrogens (tertiary/aromatic N) is 2. The third kappa shape index (κ3) is 2.51. The van der Waals surface area contributed by atoms with Crippen LogP contribution in [0.4, 0.5) is 0 Å². The molecule has 1 fully saturated rings. The summed E-state index contributed by atoms with van der Waals surface area (Å²) >= 11 is 0. The monoisotopic (exact) mass is 300 g/mol. The molecule has 2 aromatic carbocycles. The van der Waals surface area contributed by atoms with Crippen LogP contribution >= 0.6 is 0 Å². The lowest BCUT2D eigenvalue weighted by Crippen LogP contribution is -2.39. The fourth-order valence-electron chi connectivity index (χ4n) is 3.57. The molecule has 0 bridgehead atoms. The summed E-state index contributed by atoms with van der Waals surface area (Å²) < 4.78 is 0. The molecule has 0 N–H and O–H groups in total. The molecule has 0 aliphatic heterocycles. The molecular formula is C20H16N2O. The average Bonchev–Trinajstić information content (AvgIpc) is 2.63. The Labute approximate surface area is 135 Å². The van der Waals surface area contributed by atoms with Crippen LogP contribution < -0.4 is 0 Å². The molecule has 0 amide bonds. The van der Waals surface area contributed by atoms with Crippen molar-refractivity contribution >= 4 is 5.78 Å². The molecule has 0 heterocycles. The van der Waals surface area contributed by atoms with Gasteiger partial charge in [-0.05, 0) is 11.1 Å². The highest BCUT2D eigenvalue weighted by Gasteiger charge is 2.52. The van der Waals surface area contributed by atoms with Gasteiger partial charge in [0.25, 0.3) is 0 Å². The highest BCUT2D eigenvalue weighted by atomic mass is 16.1. The van der Waals surface area contributed by atoms with Crippen LogP contribution in [0.3, 0.4) is 0 Å². The number of hydrogen-bond donors (Lipinski definition) is 0. The molecule has 0 radical (unpaired) electrons. The van der Waals surface area contributed by atoms with Crippen molar-refractivity contribution in [2.45, 2.75) is 24.7 Å². The van der Waals surface area contributed by atoms with E-state index in [1.54, 1.807) is 0 Å². The molecular weight excluding hydrogens is 284 g/mol. The zero-order valence-corrected chi connectivity index (χ0v) is 12.6. The molecule has 3 nitrogen and oxygen atoms in total. The van der Waals surface area contributed by atoms with Gasteiger partial charge in [0.05, 0.1) is 12.1 Å². The van der Waals surface area contributed by atoms with Crippen molar-refractivity contribution in [2.75, 3.05) is 0 Å². The first-order chi connectivity index (χ1) is 11.2. The maximum Gasteiger partial charge on any atom is 0.158 e. The minimum Gasteiger partial charge on any atom is -0.300 e. The van der Waals surface area contributed by atoms with E-state index in [9.17, 15) is 15.3 Å². The molecule has 0 unspecified atom stereocenters. The van der Waals surface area contributed by atoms with Gasteiger partial charge in [-0.1, -0.05) is 60.7 Å². The molecule has 23 heavy (non-hydrogen) atoms. The number of nitriles is 2. The fourth-order valence-corrected chi connectivity index (χ4v) is 3.57. The predicted molar refractivity (Wildman–Crippen MR) is 86.3 cm³/mol. The number of Topliss-reactive ketones (excluding diaryl/α,β-unsaturated/α-hetero) is 1. The summed E-state index contributed by atoms with van der Waals surface area (Å²) in [6.45, 7) is 0. The maximum absolute atomic E-state index is 12.3. The summed E-state index contributed by atoms with van der Waals surface area (Å²) in [4.78, 5) is 12.3. The molecule has 1 aliphatic carbocycles. The highest BCUT2D eigenvalue weighted by Crippen LogP contribution is 2.53. The number of hydrogen-bond acceptors (Lipinski definition) is 3. The number of rotatable bonds is 2. The van der Waals surface area contributed by atoms with Crippen LogP contribution in [0.2, 0.25) is 0 Å². The molecule has 1 aliphatic rings. The largest absolute Gasteiger partial charge is 0.300 e. The van der Waals surface area contributed by atoms with Crippen molar-refractivity contribution in [1.82, 2.24) is 0 Å². The van der Waals surface area contributed by atoms with E-state index in [4.69, 9.17) is 0 Å². The van der Waals surface area contributed by atoms with E-state index >= 15 is 0 Å². The normalized spacial score (nSPS) is 22.8. The number of benzene rings is 2. The highest BCUT2D eigenvalue weighted by molar-refractivity contribution is 5.82. The first-order valence-corrected chi connectivity index (χ1v) is 7.65. The topological polar surface area (TPSA) is 64.7 Å². The molecule has 0 saturated heterocycles. The second kappa shape index (κ2) is 6.07. The van der Waals surface area contributed by atoms with Crippen LogP contribution in [-0.2, 0) is 4.79 Å². The quantitative estimate of drug-likeness (QED) is 0.843. The zero-order valence-electron chi connectivity index (χ0n) is 12.6. The number of carbonyl (C=O) groups is 1. The van der Waals surface area contributed by atoms with Crippen molar-refractivity contribution in [2.24, 2.45) is 5.41 Å². The van der Waals surface area contributed by atoms with Gasteiger partial charge in [-0.25, -0.2) is 0 Å². The van der Waals surface area contributed by atoms with Gasteiger partial charge in [-0.3, -0.25) is 4.79 Å². The second-order valence-corrected chi connectivity index (χ2v) is 5.97. The van der Waals surface area contributed by atoms with Crippen molar-refractivity contribution < 1.29 is 4.79 Å². The summed E-state index contributed by atoms with van der Waals surface area (Å²) in [6.07, 6.45) is 0.489. The van der Waals surface area contributed by atoms with E-state index in [1.165, 1.54) is 0 Å². The van der Waals surface area contributed by atoms with Crippen LogP contribution in [0.15, 0.2) is 60.7 Å². The van der Waals surface area contributed by atoms with Gasteiger partial charge < -0.3 is 0 Å².